The molecule has 0 unspecified atom stereocenters. The maximum atomic E-state index is 10.3. The first-order valence-corrected chi connectivity index (χ1v) is 4.98. The van der Waals surface area contributed by atoms with E-state index in [9.17, 15) is 9.59 Å². The van der Waals surface area contributed by atoms with Crippen molar-refractivity contribution >= 4 is 12.3 Å². The second-order valence-corrected chi connectivity index (χ2v) is 3.38. The Balaban J connectivity index is 2.14. The number of carboxylic acids is 1. The summed E-state index contributed by atoms with van der Waals surface area (Å²) in [5, 5.41) is 8.41. The fourth-order valence-corrected chi connectivity index (χ4v) is 1.34. The molecule has 0 spiro atoms. The first-order valence-electron chi connectivity index (χ1n) is 4.98. The van der Waals surface area contributed by atoms with Crippen molar-refractivity contribution in [2.75, 3.05) is 0 Å². The molecular formula is C11H14O4. The molecule has 0 aromatic carbocycles. The van der Waals surface area contributed by atoms with Crippen molar-refractivity contribution in [1.29, 1.82) is 0 Å². The maximum absolute atomic E-state index is 10.3. The van der Waals surface area contributed by atoms with Gasteiger partial charge in [0.05, 0.1) is 0 Å². The van der Waals surface area contributed by atoms with Crippen molar-refractivity contribution in [2.45, 2.75) is 32.1 Å². The van der Waals surface area contributed by atoms with Gasteiger partial charge in [0, 0.05) is 12.8 Å². The van der Waals surface area contributed by atoms with Gasteiger partial charge in [-0.05, 0) is 25.0 Å². The molecule has 1 aromatic rings. The van der Waals surface area contributed by atoms with Crippen LogP contribution in [0.15, 0.2) is 16.5 Å². The SMILES string of the molecule is O=Cc1ccc(CCCCCC(=O)O)o1. The predicted octanol–water partition coefficient (Wildman–Crippen LogP) is 2.28. The van der Waals surface area contributed by atoms with Crippen LogP contribution in [0.2, 0.25) is 0 Å². The van der Waals surface area contributed by atoms with Crippen LogP contribution in [0, 0.1) is 0 Å². The molecule has 1 aromatic heterocycles. The minimum atomic E-state index is -0.753. The highest BCUT2D eigenvalue weighted by atomic mass is 16.4. The molecule has 0 fully saturated rings. The lowest BCUT2D eigenvalue weighted by molar-refractivity contribution is -0.137. The molecule has 1 rings (SSSR count). The van der Waals surface area contributed by atoms with Crippen LogP contribution < -0.4 is 0 Å². The van der Waals surface area contributed by atoms with Crippen molar-refractivity contribution < 1.29 is 19.1 Å². The van der Waals surface area contributed by atoms with Gasteiger partial charge in [0.1, 0.15) is 5.76 Å². The first kappa shape index (κ1) is 11.5. The lowest BCUT2D eigenvalue weighted by Crippen LogP contribution is -1.94. The Morgan fingerprint density at radius 2 is 2.13 bits per heavy atom. The molecule has 0 saturated carbocycles. The lowest BCUT2D eigenvalue weighted by Gasteiger charge is -1.96. The maximum Gasteiger partial charge on any atom is 0.303 e. The number of carboxylic acid groups (broad SMARTS) is 1. The second kappa shape index (κ2) is 6.01. The smallest absolute Gasteiger partial charge is 0.303 e. The van der Waals surface area contributed by atoms with Crippen molar-refractivity contribution in [2.24, 2.45) is 0 Å². The fourth-order valence-electron chi connectivity index (χ4n) is 1.34. The average molecular weight is 210 g/mol. The third-order valence-electron chi connectivity index (χ3n) is 2.11. The molecule has 0 aliphatic carbocycles. The van der Waals surface area contributed by atoms with Gasteiger partial charge in [-0.3, -0.25) is 9.59 Å². The zero-order chi connectivity index (χ0) is 11.1. The Morgan fingerprint density at radius 3 is 2.73 bits per heavy atom. The Morgan fingerprint density at radius 1 is 1.33 bits per heavy atom. The molecule has 0 aliphatic rings. The Labute approximate surface area is 87.9 Å². The molecule has 82 valence electrons. The number of unbranched alkanes of at least 4 members (excludes halogenated alkanes) is 2. The quantitative estimate of drug-likeness (QED) is 0.553. The van der Waals surface area contributed by atoms with Crippen molar-refractivity contribution in [3.8, 4) is 0 Å². The topological polar surface area (TPSA) is 67.5 Å². The van der Waals surface area contributed by atoms with Crippen LogP contribution >= 0.6 is 0 Å². The second-order valence-electron chi connectivity index (χ2n) is 3.38. The van der Waals surface area contributed by atoms with E-state index in [4.69, 9.17) is 9.52 Å². The minimum Gasteiger partial charge on any atom is -0.481 e. The molecule has 0 bridgehead atoms. The first-order chi connectivity index (χ1) is 7.22. The molecule has 1 heterocycles. The van der Waals surface area contributed by atoms with Gasteiger partial charge in [-0.15, -0.1) is 0 Å². The number of aliphatic carboxylic acids is 1. The summed E-state index contributed by atoms with van der Waals surface area (Å²) in [6.45, 7) is 0. The number of hydrogen-bond acceptors (Lipinski definition) is 3. The summed E-state index contributed by atoms with van der Waals surface area (Å²) >= 11 is 0. The fraction of sp³-hybridized carbons (Fsp3) is 0.455. The van der Waals surface area contributed by atoms with E-state index in [-0.39, 0.29) is 6.42 Å². The van der Waals surface area contributed by atoms with Crippen LogP contribution in [0.25, 0.3) is 0 Å². The monoisotopic (exact) mass is 210 g/mol. The summed E-state index contributed by atoms with van der Waals surface area (Å²) in [5.41, 5.74) is 0. The summed E-state index contributed by atoms with van der Waals surface area (Å²) in [6.07, 6.45) is 4.10. The number of rotatable bonds is 7. The standard InChI is InChI=1S/C11H14O4/c12-8-10-7-6-9(15-10)4-2-1-3-5-11(13)14/h6-8H,1-5H2,(H,13,14). The van der Waals surface area contributed by atoms with E-state index in [0.29, 0.717) is 18.5 Å². The van der Waals surface area contributed by atoms with Crippen LogP contribution in [0.4, 0.5) is 0 Å². The van der Waals surface area contributed by atoms with Crippen LogP contribution in [0.1, 0.15) is 42.0 Å². The molecular weight excluding hydrogens is 196 g/mol. The summed E-state index contributed by atoms with van der Waals surface area (Å²) in [4.78, 5) is 20.5. The van der Waals surface area contributed by atoms with Gasteiger partial charge in [-0.2, -0.15) is 0 Å². The van der Waals surface area contributed by atoms with Crippen LogP contribution in [0.5, 0.6) is 0 Å². The van der Waals surface area contributed by atoms with Crippen LogP contribution in [-0.4, -0.2) is 17.4 Å². The van der Waals surface area contributed by atoms with E-state index in [1.807, 2.05) is 0 Å². The van der Waals surface area contributed by atoms with Crippen molar-refractivity contribution in [3.63, 3.8) is 0 Å². The number of hydrogen-bond donors (Lipinski definition) is 1. The van der Waals surface area contributed by atoms with Gasteiger partial charge in [-0.25, -0.2) is 0 Å². The summed E-state index contributed by atoms with van der Waals surface area (Å²) in [7, 11) is 0. The largest absolute Gasteiger partial charge is 0.481 e. The lowest BCUT2D eigenvalue weighted by atomic mass is 10.1. The van der Waals surface area contributed by atoms with E-state index >= 15 is 0 Å². The highest BCUT2D eigenvalue weighted by molar-refractivity contribution is 5.70. The van der Waals surface area contributed by atoms with E-state index in [1.54, 1.807) is 12.1 Å². The summed E-state index contributed by atoms with van der Waals surface area (Å²) in [5.74, 6) is 0.374. The third kappa shape index (κ3) is 4.44. The molecule has 0 radical (unpaired) electrons. The number of carbonyl (C=O) groups is 2. The van der Waals surface area contributed by atoms with Gasteiger partial charge in [0.2, 0.25) is 0 Å². The molecule has 4 nitrogen and oxygen atoms in total. The zero-order valence-corrected chi connectivity index (χ0v) is 8.44. The number of carbonyl (C=O) groups excluding carboxylic acids is 1. The minimum absolute atomic E-state index is 0.220. The highest BCUT2D eigenvalue weighted by Crippen LogP contribution is 2.10. The molecule has 15 heavy (non-hydrogen) atoms. The normalized spacial score (nSPS) is 10.1. The van der Waals surface area contributed by atoms with E-state index in [0.717, 1.165) is 25.0 Å². The molecule has 4 heteroatoms. The number of aldehydes is 1. The number of aryl methyl sites for hydroxylation is 1. The Bertz CT molecular complexity index is 327. The predicted molar refractivity (Wildman–Crippen MR) is 53.9 cm³/mol. The van der Waals surface area contributed by atoms with Crippen LogP contribution in [-0.2, 0) is 11.2 Å². The Hall–Kier alpha value is -1.58. The van der Waals surface area contributed by atoms with Gasteiger partial charge in [0.25, 0.3) is 0 Å². The van der Waals surface area contributed by atoms with Gasteiger partial charge in [-0.1, -0.05) is 6.42 Å². The molecule has 0 saturated heterocycles. The molecule has 0 atom stereocenters. The van der Waals surface area contributed by atoms with E-state index in [2.05, 4.69) is 0 Å². The third-order valence-corrected chi connectivity index (χ3v) is 2.11. The van der Waals surface area contributed by atoms with Gasteiger partial charge >= 0.3 is 5.97 Å². The Kier molecular flexibility index (Phi) is 4.60. The van der Waals surface area contributed by atoms with Crippen molar-refractivity contribution in [3.05, 3.63) is 23.7 Å². The van der Waals surface area contributed by atoms with E-state index < -0.39 is 5.97 Å². The molecule has 0 amide bonds. The highest BCUT2D eigenvalue weighted by Gasteiger charge is 2.01. The van der Waals surface area contributed by atoms with Gasteiger partial charge in [0.15, 0.2) is 12.0 Å². The van der Waals surface area contributed by atoms with Crippen LogP contribution in [0.3, 0.4) is 0 Å². The summed E-state index contributed by atoms with van der Waals surface area (Å²) < 4.78 is 5.18. The number of furan rings is 1. The summed E-state index contributed by atoms with van der Waals surface area (Å²) in [6, 6.07) is 3.42. The van der Waals surface area contributed by atoms with Crippen molar-refractivity contribution in [1.82, 2.24) is 0 Å². The van der Waals surface area contributed by atoms with Gasteiger partial charge < -0.3 is 9.52 Å². The zero-order valence-electron chi connectivity index (χ0n) is 8.44. The molecule has 1 N–H and O–H groups in total. The van der Waals surface area contributed by atoms with E-state index in [1.165, 1.54) is 0 Å². The average Bonchev–Trinajstić information content (AvgIpc) is 2.65. The molecule has 0 aliphatic heterocycles.